The molecule has 0 amide bonds. The maximum Gasteiger partial charge on any atom is 0.126 e. The molecular weight excluding hydrogens is 424 g/mol. The zero-order chi connectivity index (χ0) is 24.9. The molecule has 3 N–H and O–H groups in total. The van der Waals surface area contributed by atoms with Crippen LogP contribution in [0.1, 0.15) is 99.3 Å². The summed E-state index contributed by atoms with van der Waals surface area (Å²) < 4.78 is 0. The Kier molecular flexibility index (Phi) is 5.44. The molecule has 192 valence electrons. The standard InChI is InChI=1S/C30H48O4/c1-25(2)15-20-19-7-8-22-29(6,28(19,5)14-13-26(20,3)24(34)16-25)11-9-21-27(4,17-31)23(33)10-12-30(21,22)18-32/h7,18,20-24,31,33-34H,8-17H2,1-6H3. The van der Waals surface area contributed by atoms with Gasteiger partial charge < -0.3 is 20.1 Å². The molecule has 0 aliphatic heterocycles. The maximum atomic E-state index is 13.1. The Hall–Kier alpha value is -0.710. The maximum absolute atomic E-state index is 13.1. The SMILES string of the molecule is CC1(C)CC(O)C2(C)CCC3(C)C(=CCC4C5(C=O)CCC(O)C(C)(CO)C5CCC43C)C2C1. The second kappa shape index (κ2) is 7.42. The van der Waals surface area contributed by atoms with E-state index in [0.29, 0.717) is 12.3 Å². The van der Waals surface area contributed by atoms with Crippen molar-refractivity contribution < 1.29 is 20.1 Å². The molecule has 0 aromatic heterocycles. The van der Waals surface area contributed by atoms with Crippen molar-refractivity contribution in [3.8, 4) is 0 Å². The Morgan fingerprint density at radius 3 is 2.26 bits per heavy atom. The predicted molar refractivity (Wildman–Crippen MR) is 134 cm³/mol. The van der Waals surface area contributed by atoms with Crippen LogP contribution in [0.2, 0.25) is 0 Å². The third kappa shape index (κ3) is 2.85. The zero-order valence-electron chi connectivity index (χ0n) is 22.4. The molecule has 4 saturated carbocycles. The van der Waals surface area contributed by atoms with E-state index in [9.17, 15) is 20.1 Å². The van der Waals surface area contributed by atoms with E-state index in [1.54, 1.807) is 5.57 Å². The number of carbonyl (C=O) groups excluding carboxylic acids is 1. The molecule has 4 heteroatoms. The second-order valence-corrected chi connectivity index (χ2v) is 14.9. The number of fused-ring (bicyclic) bond motifs is 7. The van der Waals surface area contributed by atoms with Gasteiger partial charge in [-0.1, -0.05) is 53.2 Å². The normalized spacial score (nSPS) is 56.3. The Morgan fingerprint density at radius 2 is 1.62 bits per heavy atom. The van der Waals surface area contributed by atoms with Crippen molar-refractivity contribution in [2.45, 2.75) is 112 Å². The molecule has 0 saturated heterocycles. The van der Waals surface area contributed by atoms with E-state index in [-0.39, 0.29) is 46.2 Å². The van der Waals surface area contributed by atoms with Crippen LogP contribution in [0.25, 0.3) is 0 Å². The van der Waals surface area contributed by atoms with Crippen molar-refractivity contribution in [1.29, 1.82) is 0 Å². The molecule has 5 aliphatic carbocycles. The zero-order valence-corrected chi connectivity index (χ0v) is 22.4. The lowest BCUT2D eigenvalue weighted by Crippen LogP contribution is -2.67. The average molecular weight is 473 g/mol. The molecule has 0 spiro atoms. The molecule has 0 aromatic carbocycles. The lowest BCUT2D eigenvalue weighted by molar-refractivity contribution is -0.215. The molecule has 5 aliphatic rings. The number of allylic oxidation sites excluding steroid dienone is 2. The van der Waals surface area contributed by atoms with Gasteiger partial charge in [0.2, 0.25) is 0 Å². The van der Waals surface area contributed by atoms with Crippen molar-refractivity contribution in [2.75, 3.05) is 6.61 Å². The number of aldehydes is 1. The number of aliphatic hydroxyl groups excluding tert-OH is 3. The van der Waals surface area contributed by atoms with E-state index in [4.69, 9.17) is 0 Å². The van der Waals surface area contributed by atoms with Crippen LogP contribution in [0.15, 0.2) is 11.6 Å². The van der Waals surface area contributed by atoms with Gasteiger partial charge in [0, 0.05) is 16.2 Å². The van der Waals surface area contributed by atoms with Crippen LogP contribution >= 0.6 is 0 Å². The number of hydrogen-bond donors (Lipinski definition) is 3. The van der Waals surface area contributed by atoms with Crippen molar-refractivity contribution in [2.24, 2.45) is 50.2 Å². The highest BCUT2D eigenvalue weighted by molar-refractivity contribution is 5.63. The second-order valence-electron chi connectivity index (χ2n) is 14.9. The summed E-state index contributed by atoms with van der Waals surface area (Å²) in [5.74, 6) is 0.644. The van der Waals surface area contributed by atoms with Gasteiger partial charge in [0.25, 0.3) is 0 Å². The Balaban J connectivity index is 1.61. The summed E-state index contributed by atoms with van der Waals surface area (Å²) in [7, 11) is 0. The Bertz CT molecular complexity index is 894. The molecule has 0 bridgehead atoms. The molecule has 0 aromatic rings. The number of carbonyl (C=O) groups is 1. The molecule has 5 rings (SSSR count). The Morgan fingerprint density at radius 1 is 0.912 bits per heavy atom. The predicted octanol–water partition coefficient (Wildman–Crippen LogP) is 5.29. The van der Waals surface area contributed by atoms with Gasteiger partial charge in [-0.3, -0.25) is 0 Å². The highest BCUT2D eigenvalue weighted by Gasteiger charge is 2.70. The summed E-state index contributed by atoms with van der Waals surface area (Å²) in [6, 6.07) is 0. The fraction of sp³-hybridized carbons (Fsp3) is 0.900. The van der Waals surface area contributed by atoms with Gasteiger partial charge in [0.1, 0.15) is 6.29 Å². The monoisotopic (exact) mass is 472 g/mol. The molecule has 0 heterocycles. The largest absolute Gasteiger partial charge is 0.396 e. The first-order chi connectivity index (χ1) is 15.7. The van der Waals surface area contributed by atoms with Crippen LogP contribution in [-0.2, 0) is 4.79 Å². The minimum absolute atomic E-state index is 0.00102. The summed E-state index contributed by atoms with van der Waals surface area (Å²) >= 11 is 0. The third-order valence-electron chi connectivity index (χ3n) is 13.1. The molecular formula is C30H48O4. The van der Waals surface area contributed by atoms with Gasteiger partial charge in [0.15, 0.2) is 0 Å². The van der Waals surface area contributed by atoms with E-state index in [2.05, 4.69) is 40.7 Å². The topological polar surface area (TPSA) is 77.8 Å². The van der Waals surface area contributed by atoms with Gasteiger partial charge in [0.05, 0.1) is 18.8 Å². The molecule has 0 radical (unpaired) electrons. The van der Waals surface area contributed by atoms with Crippen molar-refractivity contribution in [3.05, 3.63) is 11.6 Å². The van der Waals surface area contributed by atoms with Crippen LogP contribution in [-0.4, -0.2) is 40.4 Å². The van der Waals surface area contributed by atoms with Crippen molar-refractivity contribution in [1.82, 2.24) is 0 Å². The fourth-order valence-electron chi connectivity index (χ4n) is 10.5. The van der Waals surface area contributed by atoms with Gasteiger partial charge >= 0.3 is 0 Å². The van der Waals surface area contributed by atoms with E-state index >= 15 is 0 Å². The highest BCUT2D eigenvalue weighted by atomic mass is 16.3. The molecule has 10 atom stereocenters. The first kappa shape index (κ1) is 25.0. The van der Waals surface area contributed by atoms with Crippen molar-refractivity contribution in [3.63, 3.8) is 0 Å². The van der Waals surface area contributed by atoms with Gasteiger partial charge in [-0.2, -0.15) is 0 Å². The van der Waals surface area contributed by atoms with Crippen LogP contribution in [0.4, 0.5) is 0 Å². The fourth-order valence-corrected chi connectivity index (χ4v) is 10.5. The smallest absolute Gasteiger partial charge is 0.126 e. The minimum atomic E-state index is -0.617. The number of rotatable bonds is 2. The van der Waals surface area contributed by atoms with E-state index in [1.807, 2.05) is 6.92 Å². The van der Waals surface area contributed by atoms with Gasteiger partial charge in [-0.05, 0) is 91.8 Å². The summed E-state index contributed by atoms with van der Waals surface area (Å²) in [5.41, 5.74) is 0.543. The van der Waals surface area contributed by atoms with E-state index in [0.717, 1.165) is 51.4 Å². The van der Waals surface area contributed by atoms with Gasteiger partial charge in [-0.25, -0.2) is 0 Å². The van der Waals surface area contributed by atoms with Crippen LogP contribution in [0.5, 0.6) is 0 Å². The number of hydrogen-bond acceptors (Lipinski definition) is 4. The third-order valence-corrected chi connectivity index (χ3v) is 13.1. The first-order valence-corrected chi connectivity index (χ1v) is 13.9. The van der Waals surface area contributed by atoms with E-state index < -0.39 is 16.9 Å². The quantitative estimate of drug-likeness (QED) is 0.377. The lowest BCUT2D eigenvalue weighted by Gasteiger charge is -2.71. The summed E-state index contributed by atoms with van der Waals surface area (Å²) in [5, 5.41) is 32.6. The molecule has 4 nitrogen and oxygen atoms in total. The Labute approximate surface area is 206 Å². The van der Waals surface area contributed by atoms with Gasteiger partial charge in [-0.15, -0.1) is 0 Å². The summed E-state index contributed by atoms with van der Waals surface area (Å²) in [4.78, 5) is 13.1. The summed E-state index contributed by atoms with van der Waals surface area (Å²) in [6.07, 6.45) is 11.2. The lowest BCUT2D eigenvalue weighted by atomic mass is 9.33. The highest BCUT2D eigenvalue weighted by Crippen LogP contribution is 2.75. The van der Waals surface area contributed by atoms with Crippen LogP contribution in [0.3, 0.4) is 0 Å². The molecule has 4 fully saturated rings. The van der Waals surface area contributed by atoms with E-state index in [1.165, 1.54) is 6.29 Å². The van der Waals surface area contributed by atoms with Crippen LogP contribution < -0.4 is 0 Å². The minimum Gasteiger partial charge on any atom is -0.396 e. The first-order valence-electron chi connectivity index (χ1n) is 13.9. The number of aliphatic hydroxyl groups is 3. The average Bonchev–Trinajstić information content (AvgIpc) is 2.78. The molecule has 10 unspecified atom stereocenters. The molecule has 34 heavy (non-hydrogen) atoms. The summed E-state index contributed by atoms with van der Waals surface area (Å²) in [6.45, 7) is 13.8. The van der Waals surface area contributed by atoms with Crippen LogP contribution in [0, 0.1) is 50.2 Å². The van der Waals surface area contributed by atoms with Crippen molar-refractivity contribution >= 4 is 6.29 Å².